The van der Waals surface area contributed by atoms with Gasteiger partial charge in [-0.05, 0) is 31.7 Å². The van der Waals surface area contributed by atoms with Gasteiger partial charge in [-0.1, -0.05) is 57.0 Å². The Bertz CT molecular complexity index is 929. The van der Waals surface area contributed by atoms with E-state index in [2.05, 4.69) is 17.1 Å². The van der Waals surface area contributed by atoms with Gasteiger partial charge < -0.3 is 24.4 Å². The molecule has 1 heterocycles. The van der Waals surface area contributed by atoms with Crippen molar-refractivity contribution in [2.75, 3.05) is 67.3 Å². The van der Waals surface area contributed by atoms with E-state index in [1.54, 1.807) is 26.2 Å². The maximum atomic E-state index is 13.4. The Labute approximate surface area is 240 Å². The van der Waals surface area contributed by atoms with E-state index in [0.717, 1.165) is 42.0 Å². The number of carbonyl (C=O) groups excluding carboxylic acids is 3. The summed E-state index contributed by atoms with van der Waals surface area (Å²) in [7, 11) is 5.06. The predicted octanol–water partition coefficient (Wildman–Crippen LogP) is 3.59. The number of likely N-dealkylation sites (tertiary alicyclic amines) is 1. The smallest absolute Gasteiger partial charge is 0.326 e. The van der Waals surface area contributed by atoms with Gasteiger partial charge in [0.25, 0.3) is 0 Å². The number of urea groups is 1. The summed E-state index contributed by atoms with van der Waals surface area (Å²) in [6.07, 6.45) is 1.85. The van der Waals surface area contributed by atoms with Crippen LogP contribution in [-0.2, 0) is 23.8 Å². The van der Waals surface area contributed by atoms with Crippen LogP contribution in [0.3, 0.4) is 0 Å². The fourth-order valence-electron chi connectivity index (χ4n) is 5.05. The lowest BCUT2D eigenvalue weighted by Gasteiger charge is -2.53. The molecule has 1 aromatic rings. The molecule has 1 saturated heterocycles. The summed E-state index contributed by atoms with van der Waals surface area (Å²) < 4.78 is 16.4. The molecule has 0 radical (unpaired) electrons. The van der Waals surface area contributed by atoms with Crippen LogP contribution in [0.2, 0.25) is 0 Å². The molecule has 1 N–H and O–H groups in total. The maximum Gasteiger partial charge on any atom is 0.326 e. The van der Waals surface area contributed by atoms with Crippen molar-refractivity contribution in [3.63, 3.8) is 0 Å². The molecule has 1 fully saturated rings. The molecule has 0 bridgehead atoms. The van der Waals surface area contributed by atoms with Crippen molar-refractivity contribution in [1.82, 2.24) is 20.0 Å². The van der Waals surface area contributed by atoms with E-state index >= 15 is 0 Å². The van der Waals surface area contributed by atoms with Crippen LogP contribution in [0.4, 0.5) is 4.79 Å². The quantitative estimate of drug-likeness (QED) is 0.273. The summed E-state index contributed by atoms with van der Waals surface area (Å²) in [5, 5.41) is 3.04. The molecule has 0 saturated carbocycles. The van der Waals surface area contributed by atoms with Gasteiger partial charge in [0, 0.05) is 47.4 Å². The van der Waals surface area contributed by atoms with Crippen molar-refractivity contribution in [2.24, 2.45) is 5.41 Å². The molecule has 2 atom stereocenters. The second-order valence-electron chi connectivity index (χ2n) is 10.5. The van der Waals surface area contributed by atoms with Crippen molar-refractivity contribution < 1.29 is 28.6 Å². The molecule has 0 aromatic heterocycles. The lowest BCUT2D eigenvalue weighted by molar-refractivity contribution is -0.211. The molecule has 10 heteroatoms. The third-order valence-electron chi connectivity index (χ3n) is 7.95. The summed E-state index contributed by atoms with van der Waals surface area (Å²) in [6.45, 7) is 11.5. The van der Waals surface area contributed by atoms with Crippen LogP contribution in [-0.4, -0.2) is 106 Å². The number of rotatable bonds is 18. The number of β-lactam (4-membered cyclic amide) rings is 1. The number of nitrogens with zero attached hydrogens (tertiary/aromatic N) is 3. The van der Waals surface area contributed by atoms with Crippen LogP contribution in [0.25, 0.3) is 0 Å². The molecule has 226 valence electrons. The number of ether oxygens (including phenoxy) is 3. The number of amides is 4. The topological polar surface area (TPSA) is 101 Å². The van der Waals surface area contributed by atoms with E-state index < -0.39 is 17.7 Å². The van der Waals surface area contributed by atoms with Crippen molar-refractivity contribution in [3.05, 3.63) is 35.4 Å². The molecule has 0 spiro atoms. The van der Waals surface area contributed by atoms with E-state index in [-0.39, 0.29) is 24.5 Å². The molecule has 4 amide bonds. The minimum Gasteiger partial charge on any atom is -0.383 e. The van der Waals surface area contributed by atoms with Gasteiger partial charge in [0.05, 0.1) is 24.7 Å². The average Bonchev–Trinajstić information content (AvgIpc) is 2.95. The summed E-state index contributed by atoms with van der Waals surface area (Å²) in [6, 6.07) is 7.33. The Morgan fingerprint density at radius 1 is 1.00 bits per heavy atom. The zero-order valence-electron chi connectivity index (χ0n) is 25.5. The van der Waals surface area contributed by atoms with Gasteiger partial charge >= 0.3 is 6.03 Å². The van der Waals surface area contributed by atoms with Crippen molar-refractivity contribution >= 4 is 17.8 Å². The first-order valence-electron chi connectivity index (χ1n) is 14.4. The SMILES string of the molecule is CCC[C@@H](NC(=O)N1C(=O)C(CC)(CC)C1OCC(=O)N(C)CCN(CCOC)CCOC)c1ccc(C)cc1. The van der Waals surface area contributed by atoms with Gasteiger partial charge in [-0.2, -0.15) is 0 Å². The molecule has 1 aromatic carbocycles. The molecular formula is C30H50N4O6. The maximum absolute atomic E-state index is 13.4. The lowest BCUT2D eigenvalue weighted by Crippen LogP contribution is -2.72. The Balaban J connectivity index is 2.06. The van der Waals surface area contributed by atoms with Gasteiger partial charge in [0.15, 0.2) is 6.23 Å². The Morgan fingerprint density at radius 2 is 1.60 bits per heavy atom. The van der Waals surface area contributed by atoms with Crippen LogP contribution in [0.1, 0.15) is 63.6 Å². The largest absolute Gasteiger partial charge is 0.383 e. The number of hydrogen-bond acceptors (Lipinski definition) is 7. The number of likely N-dealkylation sites (N-methyl/N-ethyl adjacent to an activating group) is 1. The molecular weight excluding hydrogens is 512 g/mol. The molecule has 2 rings (SSSR count). The predicted molar refractivity (Wildman–Crippen MR) is 155 cm³/mol. The summed E-state index contributed by atoms with van der Waals surface area (Å²) in [5.74, 6) is -0.463. The zero-order chi connectivity index (χ0) is 29.7. The van der Waals surface area contributed by atoms with E-state index in [0.29, 0.717) is 39.1 Å². The van der Waals surface area contributed by atoms with E-state index in [4.69, 9.17) is 14.2 Å². The summed E-state index contributed by atoms with van der Waals surface area (Å²) >= 11 is 0. The summed E-state index contributed by atoms with van der Waals surface area (Å²) in [5.41, 5.74) is 1.31. The number of benzene rings is 1. The minimum absolute atomic E-state index is 0.206. The van der Waals surface area contributed by atoms with Gasteiger partial charge in [0.1, 0.15) is 6.61 Å². The average molecular weight is 563 g/mol. The molecule has 1 aliphatic heterocycles. The fraction of sp³-hybridized carbons (Fsp3) is 0.700. The van der Waals surface area contributed by atoms with Crippen LogP contribution in [0.15, 0.2) is 24.3 Å². The standard InChI is InChI=1S/C30H50N4O6/c1-8-11-25(24-14-12-23(4)13-15-24)31-29(37)34-27(36)30(9-2,10-3)28(34)40-22-26(35)32(5)16-17-33(18-20-38-6)19-21-39-7/h12-15,25,28H,8-11,16-22H2,1-7H3,(H,31,37)/t25-,28?/m1/s1. The second kappa shape index (κ2) is 16.7. The Hall–Kier alpha value is -2.53. The van der Waals surface area contributed by atoms with Crippen LogP contribution < -0.4 is 5.32 Å². The van der Waals surface area contributed by atoms with Crippen molar-refractivity contribution in [1.29, 1.82) is 0 Å². The van der Waals surface area contributed by atoms with Gasteiger partial charge in [-0.25, -0.2) is 9.69 Å². The third-order valence-corrected chi connectivity index (χ3v) is 7.95. The number of nitrogens with one attached hydrogen (secondary N) is 1. The zero-order valence-corrected chi connectivity index (χ0v) is 25.5. The lowest BCUT2D eigenvalue weighted by atomic mass is 9.72. The highest BCUT2D eigenvalue weighted by Crippen LogP contribution is 2.46. The number of imide groups is 1. The fourth-order valence-corrected chi connectivity index (χ4v) is 5.05. The van der Waals surface area contributed by atoms with Crippen molar-refractivity contribution in [3.8, 4) is 0 Å². The number of hydrogen-bond donors (Lipinski definition) is 1. The van der Waals surface area contributed by atoms with Crippen molar-refractivity contribution in [2.45, 2.75) is 65.6 Å². The molecule has 1 unspecified atom stereocenters. The number of carbonyl (C=O) groups is 3. The molecule has 0 aliphatic carbocycles. The van der Waals surface area contributed by atoms with E-state index in [1.165, 1.54) is 0 Å². The Morgan fingerprint density at radius 3 is 2.12 bits per heavy atom. The van der Waals surface area contributed by atoms with Crippen LogP contribution in [0, 0.1) is 12.3 Å². The van der Waals surface area contributed by atoms with Gasteiger partial charge in [-0.15, -0.1) is 0 Å². The van der Waals surface area contributed by atoms with E-state index in [9.17, 15) is 14.4 Å². The number of aryl methyl sites for hydroxylation is 1. The number of methoxy groups -OCH3 is 2. The first-order valence-corrected chi connectivity index (χ1v) is 14.4. The minimum atomic E-state index is -0.822. The highest BCUT2D eigenvalue weighted by molar-refractivity contribution is 6.03. The van der Waals surface area contributed by atoms with E-state index in [1.807, 2.05) is 45.0 Å². The first kappa shape index (κ1) is 33.7. The van der Waals surface area contributed by atoms with Gasteiger partial charge in [-0.3, -0.25) is 14.5 Å². The second-order valence-corrected chi connectivity index (χ2v) is 10.5. The third kappa shape index (κ3) is 8.49. The molecule has 1 aliphatic rings. The first-order chi connectivity index (χ1) is 19.2. The van der Waals surface area contributed by atoms with Crippen LogP contribution in [0.5, 0.6) is 0 Å². The normalized spacial score (nSPS) is 17.1. The monoisotopic (exact) mass is 562 g/mol. The highest BCUT2D eigenvalue weighted by Gasteiger charge is 2.62. The Kier molecular flexibility index (Phi) is 14.0. The van der Waals surface area contributed by atoms with Crippen LogP contribution >= 0.6 is 0 Å². The highest BCUT2D eigenvalue weighted by atomic mass is 16.5. The molecule has 40 heavy (non-hydrogen) atoms. The van der Waals surface area contributed by atoms with Gasteiger partial charge in [0.2, 0.25) is 11.8 Å². The molecule has 10 nitrogen and oxygen atoms in total. The summed E-state index contributed by atoms with van der Waals surface area (Å²) in [4.78, 5) is 44.7.